The molecule has 0 amide bonds. The van der Waals surface area contributed by atoms with Gasteiger partial charge in [-0.05, 0) is 36.4 Å². The zero-order valence-electron chi connectivity index (χ0n) is 22.6. The van der Waals surface area contributed by atoms with Gasteiger partial charge < -0.3 is 4.57 Å². The number of rotatable bonds is 2. The zero-order chi connectivity index (χ0) is 28.1. The smallest absolute Gasteiger partial charge is 0.235 e. The quantitative estimate of drug-likeness (QED) is 0.209. The molecule has 43 heavy (non-hydrogen) atoms. The molecule has 10 rings (SSSR count). The van der Waals surface area contributed by atoms with Gasteiger partial charge in [-0.15, -0.1) is 11.3 Å². The second-order valence-electron chi connectivity index (χ2n) is 10.8. The summed E-state index contributed by atoms with van der Waals surface area (Å²) in [5.41, 5.74) is 6.96. The first-order valence-electron chi connectivity index (χ1n) is 14.1. The molecule has 10 aromatic rings. The summed E-state index contributed by atoms with van der Waals surface area (Å²) in [6.07, 6.45) is 5.06. The molecular weight excluding hydrogens is 549 g/mol. The van der Waals surface area contributed by atoms with Crippen molar-refractivity contribution in [3.05, 3.63) is 122 Å². The fourth-order valence-electron chi connectivity index (χ4n) is 6.71. The van der Waals surface area contributed by atoms with Crippen LogP contribution < -0.4 is 0 Å². The van der Waals surface area contributed by atoms with Crippen LogP contribution in [0.4, 0.5) is 0 Å². The van der Waals surface area contributed by atoms with Crippen LogP contribution in [-0.2, 0) is 0 Å². The van der Waals surface area contributed by atoms with Gasteiger partial charge in [-0.2, -0.15) is 0 Å². The molecule has 0 spiro atoms. The summed E-state index contributed by atoms with van der Waals surface area (Å²) in [5, 5.41) is 7.27. The maximum absolute atomic E-state index is 4.97. The number of fused-ring (bicyclic) bond motifs is 11. The van der Waals surface area contributed by atoms with Crippen molar-refractivity contribution >= 4 is 86.2 Å². The Morgan fingerprint density at radius 1 is 0.512 bits per heavy atom. The summed E-state index contributed by atoms with van der Waals surface area (Å²) < 4.78 is 7.21. The second kappa shape index (κ2) is 8.44. The van der Waals surface area contributed by atoms with Crippen LogP contribution in [0, 0.1) is 0 Å². The minimum atomic E-state index is 0.595. The van der Waals surface area contributed by atoms with Gasteiger partial charge >= 0.3 is 0 Å². The summed E-state index contributed by atoms with van der Waals surface area (Å²) in [6.45, 7) is 0. The molecule has 5 heterocycles. The van der Waals surface area contributed by atoms with Crippen LogP contribution in [0.2, 0.25) is 0 Å². The van der Waals surface area contributed by atoms with Gasteiger partial charge in [0.1, 0.15) is 17.4 Å². The molecule has 5 aromatic heterocycles. The van der Waals surface area contributed by atoms with Gasteiger partial charge in [0.15, 0.2) is 0 Å². The standard InChI is InChI=1S/C36H20N6S/c1-4-10-30-22(7-1)25-14-15-26-23-8-2-5-11-31(23)42(36-38-19-28-29(40-36)18-37-20-39-28)35(26)34(25)41(30)21-13-16-33-27(17-21)24-9-3-6-12-32(24)43-33/h1-20H. The Morgan fingerprint density at radius 3 is 2.00 bits per heavy atom. The molecule has 0 N–H and O–H groups in total. The normalized spacial score (nSPS) is 12.2. The van der Waals surface area contributed by atoms with Crippen molar-refractivity contribution in [2.45, 2.75) is 0 Å². The SMILES string of the molecule is c1ccc2c(c1)sc1ccc(-n3c4ccccc4c4ccc5c6ccccc6n(-c6ncc7ncncc7n6)c5c43)cc12. The van der Waals surface area contributed by atoms with Crippen molar-refractivity contribution in [2.75, 3.05) is 0 Å². The van der Waals surface area contributed by atoms with Gasteiger partial charge in [-0.3, -0.25) is 4.57 Å². The molecule has 0 fully saturated rings. The lowest BCUT2D eigenvalue weighted by Crippen LogP contribution is -2.03. The second-order valence-corrected chi connectivity index (χ2v) is 11.9. The van der Waals surface area contributed by atoms with Crippen molar-refractivity contribution in [3.8, 4) is 11.6 Å². The van der Waals surface area contributed by atoms with E-state index in [2.05, 4.69) is 122 Å². The lowest BCUT2D eigenvalue weighted by atomic mass is 10.1. The number of aromatic nitrogens is 6. The minimum absolute atomic E-state index is 0.595. The average molecular weight is 569 g/mol. The van der Waals surface area contributed by atoms with E-state index in [0.717, 1.165) is 44.0 Å². The molecule has 0 saturated heterocycles. The Kier molecular flexibility index (Phi) is 4.51. The molecule has 200 valence electrons. The van der Waals surface area contributed by atoms with Gasteiger partial charge in [-0.1, -0.05) is 66.7 Å². The van der Waals surface area contributed by atoms with Crippen LogP contribution in [0.3, 0.4) is 0 Å². The number of benzene rings is 5. The third-order valence-corrected chi connectivity index (χ3v) is 9.68. The topological polar surface area (TPSA) is 61.4 Å². The molecule has 7 heteroatoms. The highest BCUT2D eigenvalue weighted by molar-refractivity contribution is 7.25. The monoisotopic (exact) mass is 568 g/mol. The van der Waals surface area contributed by atoms with Crippen LogP contribution in [0.25, 0.3) is 86.5 Å². The van der Waals surface area contributed by atoms with E-state index in [1.54, 1.807) is 12.4 Å². The van der Waals surface area contributed by atoms with E-state index in [9.17, 15) is 0 Å². The van der Waals surface area contributed by atoms with Crippen LogP contribution in [0.5, 0.6) is 0 Å². The van der Waals surface area contributed by atoms with E-state index in [-0.39, 0.29) is 0 Å². The molecular formula is C36H20N6S. The molecule has 0 atom stereocenters. The maximum Gasteiger partial charge on any atom is 0.235 e. The molecule has 5 aromatic carbocycles. The van der Waals surface area contributed by atoms with Crippen LogP contribution in [0.15, 0.2) is 122 Å². The minimum Gasteiger partial charge on any atom is -0.307 e. The summed E-state index contributed by atoms with van der Waals surface area (Å²) in [5.74, 6) is 0.595. The third-order valence-electron chi connectivity index (χ3n) is 8.53. The van der Waals surface area contributed by atoms with Gasteiger partial charge in [0, 0.05) is 47.4 Å². The van der Waals surface area contributed by atoms with E-state index < -0.39 is 0 Å². The molecule has 0 radical (unpaired) electrons. The first kappa shape index (κ1) is 23.0. The predicted molar refractivity (Wildman–Crippen MR) is 177 cm³/mol. The third kappa shape index (κ3) is 3.11. The van der Waals surface area contributed by atoms with Crippen LogP contribution in [0.1, 0.15) is 0 Å². The van der Waals surface area contributed by atoms with Gasteiger partial charge in [0.25, 0.3) is 0 Å². The van der Waals surface area contributed by atoms with Crippen molar-refractivity contribution < 1.29 is 0 Å². The van der Waals surface area contributed by atoms with E-state index >= 15 is 0 Å². The summed E-state index contributed by atoms with van der Waals surface area (Å²) in [4.78, 5) is 18.4. The number of hydrogen-bond donors (Lipinski definition) is 0. The Morgan fingerprint density at radius 2 is 1.19 bits per heavy atom. The lowest BCUT2D eigenvalue weighted by molar-refractivity contribution is 1.00. The number of nitrogens with zero attached hydrogens (tertiary/aromatic N) is 6. The molecule has 6 nitrogen and oxygen atoms in total. The summed E-state index contributed by atoms with van der Waals surface area (Å²) in [7, 11) is 0. The largest absolute Gasteiger partial charge is 0.307 e. The van der Waals surface area contributed by atoms with Gasteiger partial charge in [0.05, 0.1) is 34.5 Å². The number of para-hydroxylation sites is 2. The first-order chi connectivity index (χ1) is 21.3. The fraction of sp³-hybridized carbons (Fsp3) is 0. The van der Waals surface area contributed by atoms with Crippen molar-refractivity contribution in [1.29, 1.82) is 0 Å². The molecule has 0 bridgehead atoms. The van der Waals surface area contributed by atoms with E-state index in [1.807, 2.05) is 11.3 Å². The number of thiophene rings is 1. The van der Waals surface area contributed by atoms with Gasteiger partial charge in [0.2, 0.25) is 5.95 Å². The summed E-state index contributed by atoms with van der Waals surface area (Å²) >= 11 is 1.84. The molecule has 0 aliphatic carbocycles. The Hall–Kier alpha value is -5.66. The fourth-order valence-corrected chi connectivity index (χ4v) is 7.80. The van der Waals surface area contributed by atoms with Gasteiger partial charge in [-0.25, -0.2) is 19.9 Å². The van der Waals surface area contributed by atoms with Crippen LogP contribution >= 0.6 is 11.3 Å². The van der Waals surface area contributed by atoms with Crippen LogP contribution in [-0.4, -0.2) is 29.1 Å². The predicted octanol–water partition coefficient (Wildman–Crippen LogP) is 8.98. The van der Waals surface area contributed by atoms with E-state index in [1.165, 1.54) is 37.3 Å². The molecule has 0 aliphatic heterocycles. The Labute approximate surface area is 248 Å². The Bertz CT molecular complexity index is 2750. The highest BCUT2D eigenvalue weighted by atomic mass is 32.1. The van der Waals surface area contributed by atoms with E-state index in [0.29, 0.717) is 11.5 Å². The van der Waals surface area contributed by atoms with E-state index in [4.69, 9.17) is 9.97 Å². The molecule has 0 aliphatic rings. The number of hydrogen-bond acceptors (Lipinski definition) is 5. The average Bonchev–Trinajstić information content (AvgIpc) is 3.72. The van der Waals surface area contributed by atoms with Crippen molar-refractivity contribution in [3.63, 3.8) is 0 Å². The zero-order valence-corrected chi connectivity index (χ0v) is 23.5. The maximum atomic E-state index is 4.97. The highest BCUT2D eigenvalue weighted by Crippen LogP contribution is 2.42. The molecule has 0 unspecified atom stereocenters. The highest BCUT2D eigenvalue weighted by Gasteiger charge is 2.22. The molecule has 0 saturated carbocycles. The summed E-state index contributed by atoms with van der Waals surface area (Å²) in [6, 6.07) is 37.2. The van der Waals surface area contributed by atoms with Crippen molar-refractivity contribution in [1.82, 2.24) is 29.1 Å². The van der Waals surface area contributed by atoms with Crippen molar-refractivity contribution in [2.24, 2.45) is 0 Å². The first-order valence-corrected chi connectivity index (χ1v) is 15.0. The lowest BCUT2D eigenvalue weighted by Gasteiger charge is -2.12. The Balaban J connectivity index is 1.41.